The van der Waals surface area contributed by atoms with Crippen molar-refractivity contribution in [2.75, 3.05) is 0 Å². The molecule has 162 valence electrons. The zero-order valence-electron chi connectivity index (χ0n) is 18.0. The fourth-order valence-corrected chi connectivity index (χ4v) is 3.70. The molecule has 0 unspecified atom stereocenters. The fourth-order valence-electron chi connectivity index (χ4n) is 3.49. The van der Waals surface area contributed by atoms with Crippen LogP contribution in [0.4, 0.5) is 0 Å². The first-order chi connectivity index (χ1) is 15.5. The molecule has 0 saturated carbocycles. The van der Waals surface area contributed by atoms with Gasteiger partial charge in [-0.15, -0.1) is 10.2 Å². The third kappa shape index (κ3) is 5.06. The minimum Gasteiger partial charge on any atom is -0.419 e. The number of benzene rings is 3. The lowest BCUT2D eigenvalue weighted by atomic mass is 10.0. The van der Waals surface area contributed by atoms with E-state index in [0.29, 0.717) is 28.8 Å². The molecule has 1 aromatic heterocycles. The summed E-state index contributed by atoms with van der Waals surface area (Å²) in [5.74, 6) is 0.726. The van der Waals surface area contributed by atoms with Gasteiger partial charge in [0, 0.05) is 6.04 Å². The summed E-state index contributed by atoms with van der Waals surface area (Å²) in [6.07, 6.45) is 0.304. The van der Waals surface area contributed by atoms with Gasteiger partial charge in [0.1, 0.15) is 0 Å². The predicted molar refractivity (Wildman–Crippen MR) is 126 cm³/mol. The average Bonchev–Trinajstić information content (AvgIpc) is 3.27. The Bertz CT molecular complexity index is 1190. The van der Waals surface area contributed by atoms with E-state index in [4.69, 9.17) is 16.0 Å². The van der Waals surface area contributed by atoms with Crippen molar-refractivity contribution in [3.05, 3.63) is 95.3 Å². The minimum atomic E-state index is -0.0123. The van der Waals surface area contributed by atoms with Crippen LogP contribution in [0.2, 0.25) is 5.02 Å². The average molecular weight is 446 g/mol. The maximum absolute atomic E-state index is 13.1. The number of rotatable bonds is 7. The molecular weight excluding hydrogens is 422 g/mol. The molecule has 0 aliphatic carbocycles. The Morgan fingerprint density at radius 3 is 2.25 bits per heavy atom. The molecule has 3 aromatic carbocycles. The van der Waals surface area contributed by atoms with Crippen molar-refractivity contribution < 1.29 is 9.21 Å². The Hall–Kier alpha value is -3.44. The summed E-state index contributed by atoms with van der Waals surface area (Å²) in [6, 6.07) is 25.6. The SMILES string of the molecule is CC(C)N(Cc1nnc(-c2ccccc2Cl)o1)C(=O)Cc1ccc(-c2ccccc2)cc1. The van der Waals surface area contributed by atoms with Crippen molar-refractivity contribution in [1.29, 1.82) is 0 Å². The first kappa shape index (κ1) is 21.8. The van der Waals surface area contributed by atoms with E-state index in [2.05, 4.69) is 22.3 Å². The van der Waals surface area contributed by atoms with Gasteiger partial charge < -0.3 is 9.32 Å². The summed E-state index contributed by atoms with van der Waals surface area (Å²) >= 11 is 6.22. The zero-order chi connectivity index (χ0) is 22.5. The van der Waals surface area contributed by atoms with Crippen molar-refractivity contribution in [1.82, 2.24) is 15.1 Å². The van der Waals surface area contributed by atoms with Gasteiger partial charge in [0.15, 0.2) is 0 Å². The fraction of sp³-hybridized carbons (Fsp3) is 0.192. The molecule has 5 nitrogen and oxygen atoms in total. The predicted octanol–water partition coefficient (Wildman–Crippen LogP) is 6.04. The monoisotopic (exact) mass is 445 g/mol. The molecule has 6 heteroatoms. The number of hydrogen-bond acceptors (Lipinski definition) is 4. The van der Waals surface area contributed by atoms with E-state index in [1.54, 1.807) is 11.0 Å². The third-order valence-electron chi connectivity index (χ3n) is 5.24. The number of carbonyl (C=O) groups excluding carboxylic acids is 1. The van der Waals surface area contributed by atoms with Crippen LogP contribution in [-0.2, 0) is 17.8 Å². The lowest BCUT2D eigenvalue weighted by molar-refractivity contribution is -0.133. The number of halogens is 1. The van der Waals surface area contributed by atoms with Gasteiger partial charge in [0.05, 0.1) is 23.6 Å². The number of aromatic nitrogens is 2. The Morgan fingerprint density at radius 2 is 1.56 bits per heavy atom. The molecule has 0 spiro atoms. The summed E-state index contributed by atoms with van der Waals surface area (Å²) in [5.41, 5.74) is 3.91. The normalized spacial score (nSPS) is 11.0. The number of amides is 1. The van der Waals surface area contributed by atoms with Crippen LogP contribution in [-0.4, -0.2) is 27.0 Å². The molecule has 0 atom stereocenters. The highest BCUT2D eigenvalue weighted by Crippen LogP contribution is 2.26. The lowest BCUT2D eigenvalue weighted by Gasteiger charge is -2.25. The van der Waals surface area contributed by atoms with Crippen LogP contribution >= 0.6 is 11.6 Å². The van der Waals surface area contributed by atoms with Gasteiger partial charge in [-0.05, 0) is 42.7 Å². The summed E-state index contributed by atoms with van der Waals surface area (Å²) in [5, 5.41) is 8.76. The number of nitrogens with zero attached hydrogens (tertiary/aromatic N) is 3. The van der Waals surface area contributed by atoms with E-state index >= 15 is 0 Å². The summed E-state index contributed by atoms with van der Waals surface area (Å²) < 4.78 is 5.80. The highest BCUT2D eigenvalue weighted by Gasteiger charge is 2.21. The molecule has 4 aromatic rings. The molecule has 0 bridgehead atoms. The van der Waals surface area contributed by atoms with E-state index in [-0.39, 0.29) is 18.5 Å². The van der Waals surface area contributed by atoms with Crippen LogP contribution in [0, 0.1) is 0 Å². The first-order valence-corrected chi connectivity index (χ1v) is 10.9. The second-order valence-corrected chi connectivity index (χ2v) is 8.24. The quantitative estimate of drug-likeness (QED) is 0.348. The van der Waals surface area contributed by atoms with Crippen molar-refractivity contribution in [3.8, 4) is 22.6 Å². The summed E-state index contributed by atoms with van der Waals surface area (Å²) in [6.45, 7) is 4.19. The van der Waals surface area contributed by atoms with Crippen LogP contribution in [0.25, 0.3) is 22.6 Å². The Labute approximate surface area is 192 Å². The van der Waals surface area contributed by atoms with Crippen molar-refractivity contribution >= 4 is 17.5 Å². The van der Waals surface area contributed by atoms with Crippen LogP contribution in [0.15, 0.2) is 83.3 Å². The highest BCUT2D eigenvalue weighted by atomic mass is 35.5. The van der Waals surface area contributed by atoms with Gasteiger partial charge in [-0.1, -0.05) is 78.3 Å². The Kier molecular flexibility index (Phi) is 6.66. The molecular formula is C26H24ClN3O2. The van der Waals surface area contributed by atoms with E-state index < -0.39 is 0 Å². The van der Waals surface area contributed by atoms with Crippen molar-refractivity contribution in [2.24, 2.45) is 0 Å². The maximum atomic E-state index is 13.1. The molecule has 0 fully saturated rings. The maximum Gasteiger partial charge on any atom is 0.249 e. The second kappa shape index (κ2) is 9.79. The standard InChI is InChI=1S/C26H24ClN3O2/c1-18(2)30(17-24-28-29-26(32-24)22-10-6-7-11-23(22)27)25(31)16-19-12-14-21(15-13-19)20-8-4-3-5-9-20/h3-15,18H,16-17H2,1-2H3. The Morgan fingerprint density at radius 1 is 0.906 bits per heavy atom. The molecule has 0 saturated heterocycles. The smallest absolute Gasteiger partial charge is 0.249 e. The van der Waals surface area contributed by atoms with Crippen LogP contribution in [0.3, 0.4) is 0 Å². The molecule has 1 amide bonds. The van der Waals surface area contributed by atoms with E-state index in [1.165, 1.54) is 0 Å². The second-order valence-electron chi connectivity index (χ2n) is 7.84. The molecule has 4 rings (SSSR count). The topological polar surface area (TPSA) is 59.2 Å². The highest BCUT2D eigenvalue weighted by molar-refractivity contribution is 6.33. The minimum absolute atomic E-state index is 0.00459. The van der Waals surface area contributed by atoms with Crippen LogP contribution in [0.5, 0.6) is 0 Å². The van der Waals surface area contributed by atoms with Gasteiger partial charge in [0.2, 0.25) is 17.7 Å². The van der Waals surface area contributed by atoms with E-state index in [9.17, 15) is 4.79 Å². The van der Waals surface area contributed by atoms with Gasteiger partial charge in [0.25, 0.3) is 0 Å². The molecule has 0 aliphatic heterocycles. The molecule has 1 heterocycles. The number of carbonyl (C=O) groups is 1. The van der Waals surface area contributed by atoms with Crippen molar-refractivity contribution in [3.63, 3.8) is 0 Å². The molecule has 32 heavy (non-hydrogen) atoms. The zero-order valence-corrected chi connectivity index (χ0v) is 18.8. The number of hydrogen-bond donors (Lipinski definition) is 0. The third-order valence-corrected chi connectivity index (χ3v) is 5.57. The Balaban J connectivity index is 1.45. The van der Waals surface area contributed by atoms with Crippen LogP contribution in [0.1, 0.15) is 25.3 Å². The van der Waals surface area contributed by atoms with Crippen LogP contribution < -0.4 is 0 Å². The van der Waals surface area contributed by atoms with E-state index in [1.807, 2.05) is 74.5 Å². The summed E-state index contributed by atoms with van der Waals surface area (Å²) in [4.78, 5) is 14.8. The van der Waals surface area contributed by atoms with Gasteiger partial charge in [-0.3, -0.25) is 4.79 Å². The largest absolute Gasteiger partial charge is 0.419 e. The molecule has 0 aliphatic rings. The van der Waals surface area contributed by atoms with Gasteiger partial charge in [-0.2, -0.15) is 0 Å². The van der Waals surface area contributed by atoms with Gasteiger partial charge in [-0.25, -0.2) is 0 Å². The first-order valence-electron chi connectivity index (χ1n) is 10.5. The van der Waals surface area contributed by atoms with Gasteiger partial charge >= 0.3 is 0 Å². The summed E-state index contributed by atoms with van der Waals surface area (Å²) in [7, 11) is 0. The lowest BCUT2D eigenvalue weighted by Crippen LogP contribution is -2.37. The van der Waals surface area contributed by atoms with Crippen molar-refractivity contribution in [2.45, 2.75) is 32.9 Å². The molecule has 0 N–H and O–H groups in total. The molecule has 0 radical (unpaired) electrons. The van der Waals surface area contributed by atoms with E-state index in [0.717, 1.165) is 16.7 Å².